The number of nitrogens with zero attached hydrogens (tertiary/aromatic N) is 2. The van der Waals surface area contributed by atoms with Gasteiger partial charge in [0.1, 0.15) is 6.20 Å². The number of hydrogen-bond donors (Lipinski definition) is 2. The van der Waals surface area contributed by atoms with E-state index in [4.69, 9.17) is 0 Å². The first-order chi connectivity index (χ1) is 9.08. The second-order valence-electron chi connectivity index (χ2n) is 3.59. The molecule has 0 aliphatic carbocycles. The zero-order valence-electron chi connectivity index (χ0n) is 9.52. The molecule has 0 fully saturated rings. The summed E-state index contributed by atoms with van der Waals surface area (Å²) in [5.74, 6) is -1.08. The number of thiazole rings is 1. The normalized spacial score (nSPS) is 11.8. The Labute approximate surface area is 111 Å². The predicted molar refractivity (Wildman–Crippen MR) is 69.2 cm³/mol. The molecule has 0 aliphatic heterocycles. The average molecular weight is 279 g/mol. The number of carbonyl (C=O) groups is 1. The summed E-state index contributed by atoms with van der Waals surface area (Å²) in [6, 6.07) is 7.54. The molecule has 1 aromatic carbocycles. The number of benzene rings is 1. The Hall–Kier alpha value is -2.48. The molecule has 0 spiro atoms. The van der Waals surface area contributed by atoms with E-state index in [1.54, 1.807) is 30.3 Å². The minimum Gasteiger partial charge on any atom is -0.479 e. The van der Waals surface area contributed by atoms with Gasteiger partial charge in [-0.05, 0) is 16.9 Å². The van der Waals surface area contributed by atoms with E-state index in [-0.39, 0.29) is 10.1 Å². The Bertz CT molecular complexity index is 599. The molecule has 1 aromatic heterocycles. The molecule has 8 heteroatoms. The highest BCUT2D eigenvalue weighted by Crippen LogP contribution is 2.28. The minimum absolute atomic E-state index is 0.139. The van der Waals surface area contributed by atoms with Crippen molar-refractivity contribution < 1.29 is 14.8 Å². The van der Waals surface area contributed by atoms with Crippen molar-refractivity contribution in [1.29, 1.82) is 0 Å². The van der Waals surface area contributed by atoms with Crippen LogP contribution in [0.3, 0.4) is 0 Å². The third kappa shape index (κ3) is 3.05. The third-order valence-corrected chi connectivity index (χ3v) is 3.20. The molecule has 2 aromatic rings. The first-order valence-electron chi connectivity index (χ1n) is 5.22. The summed E-state index contributed by atoms with van der Waals surface area (Å²) in [4.78, 5) is 25.0. The van der Waals surface area contributed by atoms with Crippen LogP contribution in [-0.2, 0) is 4.79 Å². The lowest BCUT2D eigenvalue weighted by Gasteiger charge is -2.13. The summed E-state index contributed by atoms with van der Waals surface area (Å²) in [6.07, 6.45) is 1.09. The van der Waals surface area contributed by atoms with Crippen LogP contribution in [0, 0.1) is 10.1 Å². The fraction of sp³-hybridized carbons (Fsp3) is 0.0909. The molecule has 0 aliphatic rings. The van der Waals surface area contributed by atoms with Gasteiger partial charge in [-0.1, -0.05) is 30.3 Å². The molecular formula is C11H9N3O4S. The highest BCUT2D eigenvalue weighted by molar-refractivity contribution is 7.18. The van der Waals surface area contributed by atoms with Crippen LogP contribution >= 0.6 is 11.3 Å². The number of nitro groups is 1. The number of carboxylic acids is 1. The maximum Gasteiger partial charge on any atom is 0.345 e. The average Bonchev–Trinajstić information content (AvgIpc) is 2.85. The van der Waals surface area contributed by atoms with Gasteiger partial charge in [-0.2, -0.15) is 0 Å². The van der Waals surface area contributed by atoms with Crippen molar-refractivity contribution in [3.05, 3.63) is 52.2 Å². The summed E-state index contributed by atoms with van der Waals surface area (Å²) in [6.45, 7) is 0. The molecule has 1 atom stereocenters. The fourth-order valence-electron chi connectivity index (χ4n) is 1.47. The molecule has 0 bridgehead atoms. The number of aromatic nitrogens is 1. The quantitative estimate of drug-likeness (QED) is 0.642. The first-order valence-corrected chi connectivity index (χ1v) is 6.04. The Morgan fingerprint density at radius 3 is 2.63 bits per heavy atom. The van der Waals surface area contributed by atoms with E-state index >= 15 is 0 Å². The van der Waals surface area contributed by atoms with Crippen LogP contribution in [0.2, 0.25) is 0 Å². The van der Waals surface area contributed by atoms with Crippen LogP contribution < -0.4 is 5.32 Å². The minimum atomic E-state index is -1.08. The molecule has 0 saturated carbocycles. The fourth-order valence-corrected chi connectivity index (χ4v) is 2.13. The Morgan fingerprint density at radius 1 is 1.42 bits per heavy atom. The summed E-state index contributed by atoms with van der Waals surface area (Å²) < 4.78 is 0. The van der Waals surface area contributed by atoms with Crippen LogP contribution in [0.1, 0.15) is 11.6 Å². The van der Waals surface area contributed by atoms with Gasteiger partial charge in [-0.25, -0.2) is 9.78 Å². The molecule has 7 nitrogen and oxygen atoms in total. The standard InChI is InChI=1S/C11H9N3O4S/c15-10(16)9(7-4-2-1-3-5-7)13-11-12-6-8(19-11)14(17)18/h1-6,9H,(H,12,13)(H,15,16). The SMILES string of the molecule is O=C(O)C(Nc1ncc([N+](=O)[O-])s1)c1ccccc1. The van der Waals surface area contributed by atoms with Gasteiger partial charge in [0.15, 0.2) is 11.2 Å². The van der Waals surface area contributed by atoms with E-state index in [1.165, 1.54) is 0 Å². The molecule has 0 saturated heterocycles. The maximum atomic E-state index is 11.2. The molecule has 98 valence electrons. The highest BCUT2D eigenvalue weighted by Gasteiger charge is 2.22. The van der Waals surface area contributed by atoms with Crippen molar-refractivity contribution in [3.63, 3.8) is 0 Å². The van der Waals surface area contributed by atoms with Gasteiger partial charge < -0.3 is 10.4 Å². The Balaban J connectivity index is 2.22. The summed E-state index contributed by atoms with van der Waals surface area (Å²) >= 11 is 0.797. The van der Waals surface area contributed by atoms with E-state index in [0.717, 1.165) is 17.5 Å². The zero-order chi connectivity index (χ0) is 13.8. The topological polar surface area (TPSA) is 105 Å². The van der Waals surface area contributed by atoms with Crippen molar-refractivity contribution in [2.45, 2.75) is 6.04 Å². The second-order valence-corrected chi connectivity index (χ2v) is 4.60. The predicted octanol–water partition coefficient (Wildman–Crippen LogP) is 2.29. The second kappa shape index (κ2) is 5.44. The summed E-state index contributed by atoms with van der Waals surface area (Å²) in [7, 11) is 0. The van der Waals surface area contributed by atoms with Gasteiger partial charge in [0, 0.05) is 0 Å². The van der Waals surface area contributed by atoms with Gasteiger partial charge in [0.25, 0.3) is 0 Å². The number of carboxylic acid groups (broad SMARTS) is 1. The number of hydrogen-bond acceptors (Lipinski definition) is 6. The number of anilines is 1. The van der Waals surface area contributed by atoms with Crippen LogP contribution in [0.5, 0.6) is 0 Å². The van der Waals surface area contributed by atoms with Gasteiger partial charge in [-0.15, -0.1) is 0 Å². The Kier molecular flexibility index (Phi) is 3.71. The van der Waals surface area contributed by atoms with E-state index < -0.39 is 16.9 Å². The smallest absolute Gasteiger partial charge is 0.345 e. The van der Waals surface area contributed by atoms with Crippen LogP contribution in [-0.4, -0.2) is 21.0 Å². The van der Waals surface area contributed by atoms with Crippen molar-refractivity contribution in [2.75, 3.05) is 5.32 Å². The van der Waals surface area contributed by atoms with Gasteiger partial charge >= 0.3 is 11.0 Å². The van der Waals surface area contributed by atoms with Crippen molar-refractivity contribution in [2.24, 2.45) is 0 Å². The third-order valence-electron chi connectivity index (χ3n) is 2.32. The zero-order valence-corrected chi connectivity index (χ0v) is 10.3. The van der Waals surface area contributed by atoms with Crippen molar-refractivity contribution in [1.82, 2.24) is 4.98 Å². The number of aliphatic carboxylic acids is 1. The number of nitrogens with one attached hydrogen (secondary N) is 1. The van der Waals surface area contributed by atoms with Gasteiger partial charge in [0.2, 0.25) is 0 Å². The van der Waals surface area contributed by atoms with Crippen LogP contribution in [0.25, 0.3) is 0 Å². The molecule has 0 radical (unpaired) electrons. The molecule has 0 amide bonds. The lowest BCUT2D eigenvalue weighted by molar-refractivity contribution is -0.380. The molecule has 1 unspecified atom stereocenters. The van der Waals surface area contributed by atoms with E-state index in [0.29, 0.717) is 5.56 Å². The number of rotatable bonds is 5. The van der Waals surface area contributed by atoms with E-state index in [2.05, 4.69) is 10.3 Å². The van der Waals surface area contributed by atoms with Crippen LogP contribution in [0.15, 0.2) is 36.5 Å². The molecule has 2 N–H and O–H groups in total. The Morgan fingerprint density at radius 2 is 2.11 bits per heavy atom. The molecule has 1 heterocycles. The summed E-state index contributed by atoms with van der Waals surface area (Å²) in [5, 5.41) is 22.5. The van der Waals surface area contributed by atoms with Gasteiger partial charge in [-0.3, -0.25) is 10.1 Å². The van der Waals surface area contributed by atoms with Crippen molar-refractivity contribution in [3.8, 4) is 0 Å². The monoisotopic (exact) mass is 279 g/mol. The van der Waals surface area contributed by atoms with E-state index in [9.17, 15) is 20.0 Å². The van der Waals surface area contributed by atoms with E-state index in [1.807, 2.05) is 0 Å². The first kappa shape index (κ1) is 13.0. The lowest BCUT2D eigenvalue weighted by Crippen LogP contribution is -2.20. The molecular weight excluding hydrogens is 270 g/mol. The van der Waals surface area contributed by atoms with Gasteiger partial charge in [0.05, 0.1) is 4.92 Å². The summed E-state index contributed by atoms with van der Waals surface area (Å²) in [5.41, 5.74) is 0.549. The van der Waals surface area contributed by atoms with Crippen molar-refractivity contribution >= 4 is 27.4 Å². The molecule has 2 rings (SSSR count). The highest BCUT2D eigenvalue weighted by atomic mass is 32.1. The molecule has 19 heavy (non-hydrogen) atoms. The maximum absolute atomic E-state index is 11.2. The largest absolute Gasteiger partial charge is 0.479 e. The van der Waals surface area contributed by atoms with Crippen LogP contribution in [0.4, 0.5) is 10.1 Å². The lowest BCUT2D eigenvalue weighted by atomic mass is 10.1.